The van der Waals surface area contributed by atoms with Crippen LogP contribution in [0, 0.1) is 5.41 Å². The van der Waals surface area contributed by atoms with E-state index >= 15 is 0 Å². The van der Waals surface area contributed by atoms with Crippen molar-refractivity contribution in [3.63, 3.8) is 0 Å². The minimum atomic E-state index is -3.88. The third kappa shape index (κ3) is 7.22. The van der Waals surface area contributed by atoms with E-state index in [9.17, 15) is 23.1 Å². The molecule has 2 atom stereocenters. The molecule has 4 rings (SSSR count). The summed E-state index contributed by atoms with van der Waals surface area (Å²) in [6.07, 6.45) is 4.20. The van der Waals surface area contributed by atoms with Gasteiger partial charge in [0, 0.05) is 36.7 Å². The Hall–Kier alpha value is -3.83. The summed E-state index contributed by atoms with van der Waals surface area (Å²) in [5.74, 6) is -1.05. The standard InChI is InChI=1S/C29H34N4O6S/c1-20(30)8-5-6-9-23-19-25(32-39-23)22-15-13-21(14-16-22)18-26(29(35)36)31-28(34)27-12-7-17-33(27)40(37,38)24-10-3-2-4-11-24/h2-4,10-11,13-16,19,26-27,30H,5-9,12,17-18H2,1H3,(H,31,34)(H,35,36)/t26-,27-/m0/s1. The van der Waals surface area contributed by atoms with Crippen LogP contribution in [-0.4, -0.2) is 59.2 Å². The normalized spacial score (nSPS) is 16.5. The topological polar surface area (TPSA) is 154 Å². The monoisotopic (exact) mass is 566 g/mol. The molecule has 1 aliphatic rings. The van der Waals surface area contributed by atoms with Gasteiger partial charge in [-0.25, -0.2) is 13.2 Å². The molecule has 0 aliphatic carbocycles. The number of amides is 1. The lowest BCUT2D eigenvalue weighted by Crippen LogP contribution is -2.51. The smallest absolute Gasteiger partial charge is 0.326 e. The van der Waals surface area contributed by atoms with Crippen LogP contribution in [0.4, 0.5) is 0 Å². The van der Waals surface area contributed by atoms with Gasteiger partial charge in [-0.05, 0) is 56.7 Å². The minimum Gasteiger partial charge on any atom is -0.480 e. The zero-order valence-corrected chi connectivity index (χ0v) is 23.2. The van der Waals surface area contributed by atoms with E-state index in [0.717, 1.165) is 41.3 Å². The molecule has 0 radical (unpaired) electrons. The number of benzene rings is 2. The average Bonchev–Trinajstić information content (AvgIpc) is 3.62. The Morgan fingerprint density at radius 2 is 1.88 bits per heavy atom. The Labute approximate surface area is 233 Å². The van der Waals surface area contributed by atoms with Gasteiger partial charge in [-0.1, -0.05) is 47.6 Å². The van der Waals surface area contributed by atoms with Crippen molar-refractivity contribution in [2.45, 2.75) is 68.8 Å². The third-order valence-electron chi connectivity index (χ3n) is 6.94. The highest BCUT2D eigenvalue weighted by atomic mass is 32.2. The Kier molecular flexibility index (Phi) is 9.49. The summed E-state index contributed by atoms with van der Waals surface area (Å²) in [7, 11) is -3.88. The van der Waals surface area contributed by atoms with Gasteiger partial charge < -0.3 is 20.4 Å². The van der Waals surface area contributed by atoms with Gasteiger partial charge in [0.1, 0.15) is 23.5 Å². The van der Waals surface area contributed by atoms with Crippen LogP contribution < -0.4 is 5.32 Å². The summed E-state index contributed by atoms with van der Waals surface area (Å²) in [4.78, 5) is 25.2. The van der Waals surface area contributed by atoms with E-state index < -0.39 is 34.0 Å². The third-order valence-corrected chi connectivity index (χ3v) is 8.87. The Balaban J connectivity index is 1.37. The second kappa shape index (κ2) is 13.0. The maximum absolute atomic E-state index is 13.1. The highest BCUT2D eigenvalue weighted by Crippen LogP contribution is 2.26. The molecule has 1 saturated heterocycles. The predicted molar refractivity (Wildman–Crippen MR) is 150 cm³/mol. The summed E-state index contributed by atoms with van der Waals surface area (Å²) < 4.78 is 32.8. The second-order valence-electron chi connectivity index (χ2n) is 10.1. The fraction of sp³-hybridized carbons (Fsp3) is 0.379. The number of aliphatic carboxylic acids is 1. The molecule has 0 saturated carbocycles. The number of carboxylic acids is 1. The number of aromatic nitrogens is 1. The number of nitrogens with one attached hydrogen (secondary N) is 2. The van der Waals surface area contributed by atoms with Crippen LogP contribution in [0.3, 0.4) is 0 Å². The van der Waals surface area contributed by atoms with Gasteiger partial charge in [0.05, 0.1) is 4.90 Å². The van der Waals surface area contributed by atoms with Crippen molar-refractivity contribution in [3.05, 3.63) is 72.0 Å². The molecule has 212 valence electrons. The molecule has 3 N–H and O–H groups in total. The fourth-order valence-electron chi connectivity index (χ4n) is 4.79. The van der Waals surface area contributed by atoms with Crippen molar-refractivity contribution in [2.24, 2.45) is 0 Å². The summed E-state index contributed by atoms with van der Waals surface area (Å²) >= 11 is 0. The molecule has 1 amide bonds. The van der Waals surface area contributed by atoms with Crippen LogP contribution in [0.15, 0.2) is 70.1 Å². The van der Waals surface area contributed by atoms with E-state index in [1.54, 1.807) is 37.3 Å². The van der Waals surface area contributed by atoms with Gasteiger partial charge in [-0.3, -0.25) is 4.79 Å². The first-order chi connectivity index (χ1) is 19.1. The number of carbonyl (C=O) groups excluding carboxylic acids is 1. The molecule has 1 fully saturated rings. The van der Waals surface area contributed by atoms with Crippen LogP contribution in [0.1, 0.15) is 50.4 Å². The molecule has 0 unspecified atom stereocenters. The molecule has 40 heavy (non-hydrogen) atoms. The first-order valence-electron chi connectivity index (χ1n) is 13.3. The first kappa shape index (κ1) is 29.2. The van der Waals surface area contributed by atoms with Crippen molar-refractivity contribution >= 4 is 27.6 Å². The van der Waals surface area contributed by atoms with E-state index in [0.29, 0.717) is 29.8 Å². The highest BCUT2D eigenvalue weighted by molar-refractivity contribution is 7.89. The van der Waals surface area contributed by atoms with Crippen LogP contribution in [0.5, 0.6) is 0 Å². The van der Waals surface area contributed by atoms with Crippen LogP contribution >= 0.6 is 0 Å². The Bertz CT molecular complexity index is 1440. The molecular weight excluding hydrogens is 532 g/mol. The number of sulfonamides is 1. The summed E-state index contributed by atoms with van der Waals surface area (Å²) in [6.45, 7) is 1.99. The predicted octanol–water partition coefficient (Wildman–Crippen LogP) is 4.06. The molecule has 0 bridgehead atoms. The van der Waals surface area contributed by atoms with Gasteiger partial charge in [-0.2, -0.15) is 4.31 Å². The number of aryl methyl sites for hydroxylation is 1. The number of nitrogens with zero attached hydrogens (tertiary/aromatic N) is 2. The molecule has 1 aliphatic heterocycles. The highest BCUT2D eigenvalue weighted by Gasteiger charge is 2.40. The quantitative estimate of drug-likeness (QED) is 0.208. The SMILES string of the molecule is CC(=N)CCCCc1cc(-c2ccc(C[C@H](NC(=O)[C@@H]3CCCN3S(=O)(=O)c3ccccc3)C(=O)O)cc2)no1. The van der Waals surface area contributed by atoms with E-state index in [2.05, 4.69) is 10.5 Å². The molecule has 1 aromatic heterocycles. The van der Waals surface area contributed by atoms with Gasteiger partial charge in [0.25, 0.3) is 0 Å². The largest absolute Gasteiger partial charge is 0.480 e. The lowest BCUT2D eigenvalue weighted by molar-refractivity contribution is -0.142. The number of rotatable bonds is 13. The van der Waals surface area contributed by atoms with Gasteiger partial charge in [-0.15, -0.1) is 0 Å². The van der Waals surface area contributed by atoms with Gasteiger partial charge in [0.2, 0.25) is 15.9 Å². The zero-order chi connectivity index (χ0) is 28.7. The first-order valence-corrected chi connectivity index (χ1v) is 14.8. The van der Waals surface area contributed by atoms with Crippen LogP contribution in [0.25, 0.3) is 11.3 Å². The Morgan fingerprint density at radius 3 is 2.55 bits per heavy atom. The van der Waals surface area contributed by atoms with Crippen molar-refractivity contribution in [1.29, 1.82) is 5.41 Å². The number of carboxylic acid groups (broad SMARTS) is 1. The number of hydrogen-bond acceptors (Lipinski definition) is 7. The maximum atomic E-state index is 13.1. The number of unbranched alkanes of at least 4 members (excludes halogenated alkanes) is 1. The molecule has 2 aromatic carbocycles. The van der Waals surface area contributed by atoms with E-state index in [4.69, 9.17) is 9.93 Å². The molecule has 2 heterocycles. The van der Waals surface area contributed by atoms with Crippen LogP contribution in [-0.2, 0) is 32.5 Å². The van der Waals surface area contributed by atoms with Crippen LogP contribution in [0.2, 0.25) is 0 Å². The van der Waals surface area contributed by atoms with E-state index in [-0.39, 0.29) is 17.9 Å². The maximum Gasteiger partial charge on any atom is 0.326 e. The van der Waals surface area contributed by atoms with Crippen molar-refractivity contribution in [3.8, 4) is 11.3 Å². The van der Waals surface area contributed by atoms with Crippen molar-refractivity contribution < 1.29 is 27.6 Å². The lowest BCUT2D eigenvalue weighted by Gasteiger charge is -2.25. The molecule has 0 spiro atoms. The summed E-state index contributed by atoms with van der Waals surface area (Å²) in [5, 5.41) is 24.0. The van der Waals surface area contributed by atoms with Gasteiger partial charge in [0.15, 0.2) is 0 Å². The van der Waals surface area contributed by atoms with E-state index in [1.165, 1.54) is 12.1 Å². The number of hydrogen-bond donors (Lipinski definition) is 3. The Morgan fingerprint density at radius 1 is 1.15 bits per heavy atom. The molecule has 11 heteroatoms. The number of carbonyl (C=O) groups is 2. The zero-order valence-electron chi connectivity index (χ0n) is 22.4. The molecule has 10 nitrogen and oxygen atoms in total. The second-order valence-corrected chi connectivity index (χ2v) is 11.9. The molecule has 3 aromatic rings. The molecular formula is C29H34N4O6S. The minimum absolute atomic E-state index is 0.0377. The lowest BCUT2D eigenvalue weighted by atomic mass is 10.0. The summed E-state index contributed by atoms with van der Waals surface area (Å²) in [6, 6.07) is 14.8. The average molecular weight is 567 g/mol. The van der Waals surface area contributed by atoms with Gasteiger partial charge >= 0.3 is 5.97 Å². The van der Waals surface area contributed by atoms with E-state index in [1.807, 2.05) is 18.2 Å². The summed E-state index contributed by atoms with van der Waals surface area (Å²) in [5.41, 5.74) is 2.86. The fourth-order valence-corrected chi connectivity index (χ4v) is 6.47. The van der Waals surface area contributed by atoms with Crippen molar-refractivity contribution in [2.75, 3.05) is 6.54 Å². The van der Waals surface area contributed by atoms with Crippen molar-refractivity contribution in [1.82, 2.24) is 14.8 Å².